The van der Waals surface area contributed by atoms with Crippen molar-refractivity contribution >= 4 is 31.5 Å². The van der Waals surface area contributed by atoms with Crippen molar-refractivity contribution in [1.29, 1.82) is 0 Å². The molecule has 2 aromatic rings. The number of aromatic nitrogens is 2. The molecule has 2 atom stereocenters. The van der Waals surface area contributed by atoms with Crippen molar-refractivity contribution in [2.45, 2.75) is 10.7 Å². The summed E-state index contributed by atoms with van der Waals surface area (Å²) in [7, 11) is -7.61. The summed E-state index contributed by atoms with van der Waals surface area (Å²) in [6.07, 6.45) is 2.86. The first-order valence-corrected chi connectivity index (χ1v) is 12.5. The minimum atomic E-state index is -3.81. The molecule has 12 heteroatoms. The molecule has 2 aliphatic heterocycles. The second-order valence-electron chi connectivity index (χ2n) is 7.00. The summed E-state index contributed by atoms with van der Waals surface area (Å²) in [4.78, 5) is 35.2. The summed E-state index contributed by atoms with van der Waals surface area (Å²) in [5.41, 5.74) is 0.398. The van der Waals surface area contributed by atoms with E-state index < -0.39 is 53.7 Å². The summed E-state index contributed by atoms with van der Waals surface area (Å²) < 4.78 is 50.2. The van der Waals surface area contributed by atoms with E-state index in [0.29, 0.717) is 0 Å². The monoisotopic (exact) mass is 450 g/mol. The van der Waals surface area contributed by atoms with Gasteiger partial charge in [0.15, 0.2) is 30.4 Å². The summed E-state index contributed by atoms with van der Waals surface area (Å²) in [6.45, 7) is -0.298. The van der Waals surface area contributed by atoms with Crippen LogP contribution in [-0.4, -0.2) is 73.0 Å². The summed E-state index contributed by atoms with van der Waals surface area (Å²) in [5, 5.41) is -2.54. The summed E-state index contributed by atoms with van der Waals surface area (Å²) in [6, 6.07) is 9.51. The molecule has 0 aromatic carbocycles. The van der Waals surface area contributed by atoms with Crippen LogP contribution in [0, 0.1) is 0 Å². The first-order chi connectivity index (χ1) is 14.2. The molecule has 4 rings (SSSR count). The van der Waals surface area contributed by atoms with Gasteiger partial charge in [-0.2, -0.15) is 0 Å². The highest BCUT2D eigenvalue weighted by Gasteiger charge is 2.48. The first-order valence-electron chi connectivity index (χ1n) is 9.05. The van der Waals surface area contributed by atoms with Crippen molar-refractivity contribution in [1.82, 2.24) is 19.8 Å². The predicted molar refractivity (Wildman–Crippen MR) is 105 cm³/mol. The molecule has 158 valence electrons. The van der Waals surface area contributed by atoms with Crippen LogP contribution in [0.4, 0.5) is 0 Å². The first kappa shape index (κ1) is 20.4. The van der Waals surface area contributed by atoms with Crippen LogP contribution in [0.3, 0.4) is 0 Å². The fourth-order valence-electron chi connectivity index (χ4n) is 3.75. The van der Waals surface area contributed by atoms with Crippen molar-refractivity contribution in [3.05, 3.63) is 60.2 Å². The van der Waals surface area contributed by atoms with Crippen molar-refractivity contribution in [3.8, 4) is 0 Å². The number of nitrogens with zero attached hydrogens (tertiary/aromatic N) is 4. The molecular formula is C18H18N4O6S2. The lowest BCUT2D eigenvalue weighted by atomic mass is 10.3. The Balaban J connectivity index is 1.62. The van der Waals surface area contributed by atoms with Gasteiger partial charge in [0.25, 0.3) is 0 Å². The molecule has 0 aliphatic carbocycles. The number of amides is 2. The molecule has 10 nitrogen and oxygen atoms in total. The maximum atomic E-state index is 12.5. The Kier molecular flexibility index (Phi) is 5.06. The largest absolute Gasteiger partial charge is 0.318 e. The predicted octanol–water partition coefficient (Wildman–Crippen LogP) is -0.312. The molecule has 2 saturated heterocycles. The van der Waals surface area contributed by atoms with Crippen molar-refractivity contribution in [3.63, 3.8) is 0 Å². The van der Waals surface area contributed by atoms with Gasteiger partial charge >= 0.3 is 0 Å². The maximum Gasteiger partial charge on any atom is 0.239 e. The molecule has 2 aromatic heterocycles. The fraction of sp³-hybridized carbons (Fsp3) is 0.333. The van der Waals surface area contributed by atoms with E-state index in [9.17, 15) is 26.4 Å². The number of pyridine rings is 2. The minimum absolute atomic E-state index is 0.149. The number of carbonyl (C=O) groups excluding carboxylic acids is 2. The van der Waals surface area contributed by atoms with Gasteiger partial charge in [0, 0.05) is 25.5 Å². The van der Waals surface area contributed by atoms with Gasteiger partial charge in [-0.05, 0) is 24.3 Å². The summed E-state index contributed by atoms with van der Waals surface area (Å²) in [5.74, 6) is -2.56. The second-order valence-corrected chi connectivity index (χ2v) is 11.1. The van der Waals surface area contributed by atoms with Gasteiger partial charge in [-0.1, -0.05) is 12.1 Å². The zero-order valence-electron chi connectivity index (χ0n) is 15.7. The van der Waals surface area contributed by atoms with Crippen LogP contribution in [0.5, 0.6) is 0 Å². The SMILES string of the molecule is O=C1CS(=O)(=O)[C@H](c2ccccn2)N1CCN1C(=O)CS(=O)(=O)[C@@H]1c1ccccn1. The van der Waals surface area contributed by atoms with Crippen LogP contribution >= 0.6 is 0 Å². The van der Waals surface area contributed by atoms with Crippen LogP contribution < -0.4 is 0 Å². The standard InChI is InChI=1S/C18H18N4O6S2/c23-15-11-29(25,26)17(13-5-1-3-7-19-13)21(15)9-10-22-16(24)12-30(27,28)18(22)14-6-2-4-8-20-14/h1-8,17-18H,9-12H2/t17-,18-/m1/s1. The second kappa shape index (κ2) is 7.43. The zero-order valence-corrected chi connectivity index (χ0v) is 17.3. The zero-order chi connectivity index (χ0) is 21.5. The van der Waals surface area contributed by atoms with Gasteiger partial charge in [-0.15, -0.1) is 0 Å². The van der Waals surface area contributed by atoms with Crippen LogP contribution in [0.15, 0.2) is 48.8 Å². The van der Waals surface area contributed by atoms with E-state index in [4.69, 9.17) is 0 Å². The molecule has 0 saturated carbocycles. The van der Waals surface area contributed by atoms with Gasteiger partial charge in [0.2, 0.25) is 11.8 Å². The molecule has 0 radical (unpaired) electrons. The Morgan fingerprint density at radius 1 is 0.733 bits per heavy atom. The van der Waals surface area contributed by atoms with Gasteiger partial charge < -0.3 is 9.80 Å². The van der Waals surface area contributed by atoms with Crippen LogP contribution in [-0.2, 0) is 29.3 Å². The quantitative estimate of drug-likeness (QED) is 0.605. The normalized spacial score (nSPS) is 25.1. The van der Waals surface area contributed by atoms with Crippen LogP contribution in [0.1, 0.15) is 22.1 Å². The third-order valence-electron chi connectivity index (χ3n) is 5.00. The lowest BCUT2D eigenvalue weighted by Gasteiger charge is -2.28. The highest BCUT2D eigenvalue weighted by Crippen LogP contribution is 2.35. The average molecular weight is 450 g/mol. The van der Waals surface area contributed by atoms with Crippen molar-refractivity contribution in [2.75, 3.05) is 24.6 Å². The van der Waals surface area contributed by atoms with Crippen molar-refractivity contribution < 1.29 is 26.4 Å². The molecule has 2 fully saturated rings. The third-order valence-corrected chi connectivity index (χ3v) is 8.65. The molecule has 30 heavy (non-hydrogen) atoms. The Hall–Kier alpha value is -2.86. The topological polar surface area (TPSA) is 135 Å². The minimum Gasteiger partial charge on any atom is -0.318 e. The highest BCUT2D eigenvalue weighted by atomic mass is 32.2. The molecule has 4 heterocycles. The molecule has 0 unspecified atom stereocenters. The van der Waals surface area contributed by atoms with Gasteiger partial charge in [0.05, 0.1) is 11.4 Å². The molecule has 2 amide bonds. The van der Waals surface area contributed by atoms with E-state index in [2.05, 4.69) is 9.97 Å². The Morgan fingerprint density at radius 3 is 1.47 bits per heavy atom. The van der Waals surface area contributed by atoms with E-state index in [1.807, 2.05) is 0 Å². The van der Waals surface area contributed by atoms with Crippen LogP contribution in [0.2, 0.25) is 0 Å². The number of hydrogen-bond donors (Lipinski definition) is 0. The third kappa shape index (κ3) is 3.56. The van der Waals surface area contributed by atoms with Gasteiger partial charge in [0.1, 0.15) is 11.5 Å². The van der Waals surface area contributed by atoms with Crippen molar-refractivity contribution in [2.24, 2.45) is 0 Å². The number of carbonyl (C=O) groups is 2. The lowest BCUT2D eigenvalue weighted by Crippen LogP contribution is -2.40. The molecule has 0 spiro atoms. The van der Waals surface area contributed by atoms with E-state index >= 15 is 0 Å². The molecule has 2 aliphatic rings. The lowest BCUT2D eigenvalue weighted by molar-refractivity contribution is -0.132. The molecule has 0 bridgehead atoms. The van der Waals surface area contributed by atoms with Gasteiger partial charge in [-0.25, -0.2) is 16.8 Å². The van der Waals surface area contributed by atoms with E-state index in [1.54, 1.807) is 24.3 Å². The van der Waals surface area contributed by atoms with E-state index in [1.165, 1.54) is 24.5 Å². The highest BCUT2D eigenvalue weighted by molar-refractivity contribution is 7.93. The Morgan fingerprint density at radius 2 is 1.13 bits per heavy atom. The van der Waals surface area contributed by atoms with E-state index in [0.717, 1.165) is 9.80 Å². The average Bonchev–Trinajstić information content (AvgIpc) is 3.07. The fourth-order valence-corrected chi connectivity index (χ4v) is 7.32. The number of rotatable bonds is 5. The number of sulfone groups is 2. The Bertz CT molecular complexity index is 1090. The van der Waals surface area contributed by atoms with Gasteiger partial charge in [-0.3, -0.25) is 19.6 Å². The smallest absolute Gasteiger partial charge is 0.239 e. The van der Waals surface area contributed by atoms with E-state index in [-0.39, 0.29) is 24.5 Å². The maximum absolute atomic E-state index is 12.5. The Labute approximate surface area is 173 Å². The summed E-state index contributed by atoms with van der Waals surface area (Å²) >= 11 is 0. The number of hydrogen-bond acceptors (Lipinski definition) is 8. The molecular weight excluding hydrogens is 432 g/mol. The van der Waals surface area contributed by atoms with Crippen LogP contribution in [0.25, 0.3) is 0 Å². The molecule has 0 N–H and O–H groups in total.